The predicted octanol–water partition coefficient (Wildman–Crippen LogP) is 3.40. The van der Waals surface area contributed by atoms with Crippen molar-refractivity contribution in [3.63, 3.8) is 0 Å². The summed E-state index contributed by atoms with van der Waals surface area (Å²) in [6.45, 7) is 2.49. The van der Waals surface area contributed by atoms with Crippen molar-refractivity contribution in [2.75, 3.05) is 25.7 Å². The van der Waals surface area contributed by atoms with E-state index in [9.17, 15) is 9.90 Å². The average Bonchev–Trinajstić information content (AvgIpc) is 2.86. The first-order chi connectivity index (χ1) is 13.0. The van der Waals surface area contributed by atoms with Crippen LogP contribution in [0.1, 0.15) is 12.5 Å². The van der Waals surface area contributed by atoms with Gasteiger partial charge in [-0.1, -0.05) is 6.07 Å². The molecule has 1 heterocycles. The summed E-state index contributed by atoms with van der Waals surface area (Å²) in [5.74, 6) is 0.874. The second-order valence-corrected chi connectivity index (χ2v) is 6.24. The van der Waals surface area contributed by atoms with Crippen LogP contribution in [0.4, 0.5) is 5.69 Å². The third kappa shape index (κ3) is 3.59. The molecule has 27 heavy (non-hydrogen) atoms. The Bertz CT molecular complexity index is 909. The van der Waals surface area contributed by atoms with Gasteiger partial charge in [-0.3, -0.25) is 9.69 Å². The molecule has 1 amide bonds. The highest BCUT2D eigenvalue weighted by Crippen LogP contribution is 2.31. The second-order valence-electron chi connectivity index (χ2n) is 5.87. The molecule has 6 nitrogen and oxygen atoms in total. The molecule has 1 aliphatic heterocycles. The number of methoxy groups -OCH3 is 1. The summed E-state index contributed by atoms with van der Waals surface area (Å²) < 4.78 is 10.5. The first kappa shape index (κ1) is 18.7. The van der Waals surface area contributed by atoms with Crippen LogP contribution in [0.5, 0.6) is 17.2 Å². The lowest BCUT2D eigenvalue weighted by atomic mass is 10.1. The van der Waals surface area contributed by atoms with Crippen molar-refractivity contribution >= 4 is 35.0 Å². The van der Waals surface area contributed by atoms with Crippen molar-refractivity contribution in [2.24, 2.45) is 0 Å². The SMILES string of the molecule is CCOc1ccc(N2C(=O)C(=Cc3ccc(OC)c(O)c3)N(C)C2=S)cc1. The van der Waals surface area contributed by atoms with Gasteiger partial charge in [-0.2, -0.15) is 0 Å². The summed E-state index contributed by atoms with van der Waals surface area (Å²) in [4.78, 5) is 16.1. The Balaban J connectivity index is 1.91. The van der Waals surface area contributed by atoms with Gasteiger partial charge in [-0.15, -0.1) is 0 Å². The van der Waals surface area contributed by atoms with E-state index in [1.165, 1.54) is 18.1 Å². The summed E-state index contributed by atoms with van der Waals surface area (Å²) in [6.07, 6.45) is 1.68. The van der Waals surface area contributed by atoms with Gasteiger partial charge in [0.25, 0.3) is 5.91 Å². The molecule has 0 aliphatic carbocycles. The van der Waals surface area contributed by atoms with Gasteiger partial charge >= 0.3 is 0 Å². The minimum atomic E-state index is -0.234. The molecular weight excluding hydrogens is 364 g/mol. The third-order valence-electron chi connectivity index (χ3n) is 4.17. The fourth-order valence-corrected chi connectivity index (χ4v) is 3.08. The fraction of sp³-hybridized carbons (Fsp3) is 0.200. The van der Waals surface area contributed by atoms with Crippen LogP contribution in [0.25, 0.3) is 6.08 Å². The molecule has 2 aromatic carbocycles. The van der Waals surface area contributed by atoms with E-state index in [4.69, 9.17) is 21.7 Å². The van der Waals surface area contributed by atoms with Gasteiger partial charge in [-0.05, 0) is 67.2 Å². The number of nitrogens with zero attached hydrogens (tertiary/aromatic N) is 2. The Morgan fingerprint density at radius 2 is 1.89 bits per heavy atom. The van der Waals surface area contributed by atoms with E-state index in [1.54, 1.807) is 54.4 Å². The number of phenolic OH excluding ortho intramolecular Hbond substituents is 1. The molecule has 0 atom stereocenters. The van der Waals surface area contributed by atoms with Crippen LogP contribution >= 0.6 is 12.2 Å². The van der Waals surface area contributed by atoms with Gasteiger partial charge in [0.2, 0.25) is 0 Å². The Morgan fingerprint density at radius 3 is 2.48 bits per heavy atom. The number of likely N-dealkylation sites (N-methyl/N-ethyl adjacent to an activating group) is 1. The van der Waals surface area contributed by atoms with Crippen molar-refractivity contribution in [1.29, 1.82) is 0 Å². The lowest BCUT2D eigenvalue weighted by molar-refractivity contribution is -0.114. The summed E-state index contributed by atoms with van der Waals surface area (Å²) in [7, 11) is 3.22. The van der Waals surface area contributed by atoms with Crippen molar-refractivity contribution in [3.05, 3.63) is 53.7 Å². The molecular formula is C20H20N2O4S. The molecule has 0 radical (unpaired) electrons. The highest BCUT2D eigenvalue weighted by atomic mass is 32.1. The molecule has 0 bridgehead atoms. The van der Waals surface area contributed by atoms with Crippen LogP contribution in [0.2, 0.25) is 0 Å². The zero-order valence-electron chi connectivity index (χ0n) is 15.3. The maximum Gasteiger partial charge on any atom is 0.281 e. The van der Waals surface area contributed by atoms with E-state index in [2.05, 4.69) is 0 Å². The molecule has 1 fully saturated rings. The van der Waals surface area contributed by atoms with Gasteiger partial charge in [0.1, 0.15) is 11.4 Å². The molecule has 0 saturated carbocycles. The largest absolute Gasteiger partial charge is 0.504 e. The van der Waals surface area contributed by atoms with Gasteiger partial charge < -0.3 is 19.5 Å². The standard InChI is InChI=1S/C20H20N2O4S/c1-4-26-15-8-6-14(7-9-15)22-19(24)16(21(2)20(22)27)11-13-5-10-18(25-3)17(23)12-13/h5-12,23H,4H2,1-3H3. The summed E-state index contributed by atoms with van der Waals surface area (Å²) in [5, 5.41) is 10.3. The van der Waals surface area contributed by atoms with E-state index in [0.29, 0.717) is 34.4 Å². The van der Waals surface area contributed by atoms with Gasteiger partial charge in [0.15, 0.2) is 16.6 Å². The minimum Gasteiger partial charge on any atom is -0.504 e. The van der Waals surface area contributed by atoms with E-state index in [-0.39, 0.29) is 11.7 Å². The Hall–Kier alpha value is -3.06. The number of benzene rings is 2. The number of hydrogen-bond acceptors (Lipinski definition) is 5. The molecule has 0 unspecified atom stereocenters. The maximum absolute atomic E-state index is 13.0. The third-order valence-corrected chi connectivity index (χ3v) is 4.63. The lowest BCUT2D eigenvalue weighted by Crippen LogP contribution is -2.31. The zero-order chi connectivity index (χ0) is 19.6. The van der Waals surface area contributed by atoms with Gasteiger partial charge in [-0.25, -0.2) is 0 Å². The van der Waals surface area contributed by atoms with Crippen LogP contribution in [-0.4, -0.2) is 41.8 Å². The Labute approximate surface area is 163 Å². The topological polar surface area (TPSA) is 62.2 Å². The number of anilines is 1. The smallest absolute Gasteiger partial charge is 0.281 e. The quantitative estimate of drug-likeness (QED) is 0.630. The van der Waals surface area contributed by atoms with E-state index >= 15 is 0 Å². The highest BCUT2D eigenvalue weighted by molar-refractivity contribution is 7.80. The van der Waals surface area contributed by atoms with Crippen molar-refractivity contribution in [3.8, 4) is 17.2 Å². The Morgan fingerprint density at radius 1 is 1.19 bits per heavy atom. The van der Waals surface area contributed by atoms with Crippen LogP contribution in [0.15, 0.2) is 48.2 Å². The fourth-order valence-electron chi connectivity index (χ4n) is 2.80. The first-order valence-electron chi connectivity index (χ1n) is 8.40. The van der Waals surface area contributed by atoms with Gasteiger partial charge in [0.05, 0.1) is 19.4 Å². The predicted molar refractivity (Wildman–Crippen MR) is 108 cm³/mol. The van der Waals surface area contributed by atoms with E-state index in [1.807, 2.05) is 6.92 Å². The van der Waals surface area contributed by atoms with Crippen molar-refractivity contribution < 1.29 is 19.4 Å². The molecule has 0 aromatic heterocycles. The number of phenols is 1. The lowest BCUT2D eigenvalue weighted by Gasteiger charge is -2.16. The number of ether oxygens (including phenoxy) is 2. The molecule has 0 spiro atoms. The van der Waals surface area contributed by atoms with Crippen LogP contribution < -0.4 is 14.4 Å². The van der Waals surface area contributed by atoms with Crippen molar-refractivity contribution in [2.45, 2.75) is 6.92 Å². The zero-order valence-corrected chi connectivity index (χ0v) is 16.1. The Kier molecular flexibility index (Phi) is 5.32. The molecule has 1 aliphatic rings. The second kappa shape index (κ2) is 7.67. The first-order valence-corrected chi connectivity index (χ1v) is 8.80. The number of hydrogen-bond donors (Lipinski definition) is 1. The molecule has 1 saturated heterocycles. The van der Waals surface area contributed by atoms with E-state index < -0.39 is 0 Å². The number of aromatic hydroxyl groups is 1. The number of carbonyl (C=O) groups excluding carboxylic acids is 1. The minimum absolute atomic E-state index is 0.00546. The molecule has 2 aromatic rings. The molecule has 1 N–H and O–H groups in total. The van der Waals surface area contributed by atoms with Gasteiger partial charge in [0, 0.05) is 7.05 Å². The highest BCUT2D eigenvalue weighted by Gasteiger charge is 2.36. The molecule has 140 valence electrons. The normalized spacial score (nSPS) is 15.6. The summed E-state index contributed by atoms with van der Waals surface area (Å²) >= 11 is 5.45. The van der Waals surface area contributed by atoms with Crippen molar-refractivity contribution in [1.82, 2.24) is 4.90 Å². The monoisotopic (exact) mass is 384 g/mol. The molecule has 3 rings (SSSR count). The van der Waals surface area contributed by atoms with Crippen LogP contribution in [-0.2, 0) is 4.79 Å². The number of carbonyl (C=O) groups is 1. The summed E-state index contributed by atoms with van der Waals surface area (Å²) in [6, 6.07) is 12.1. The van der Waals surface area contributed by atoms with Crippen LogP contribution in [0, 0.1) is 0 Å². The van der Waals surface area contributed by atoms with E-state index in [0.717, 1.165) is 5.75 Å². The number of amides is 1. The summed E-state index contributed by atoms with van der Waals surface area (Å²) in [5.41, 5.74) is 1.75. The maximum atomic E-state index is 13.0. The number of rotatable bonds is 5. The average molecular weight is 384 g/mol. The molecule has 7 heteroatoms. The number of thiocarbonyl (C=S) groups is 1. The van der Waals surface area contributed by atoms with Crippen LogP contribution in [0.3, 0.4) is 0 Å².